The monoisotopic (exact) mass is 1530 g/mol. The Kier molecular flexibility index (Phi) is 79.1. The maximum absolute atomic E-state index is 13.2. The summed E-state index contributed by atoms with van der Waals surface area (Å²) in [6.07, 6.45) is 102. The first-order valence-corrected chi connectivity index (χ1v) is 49.1. The van der Waals surface area contributed by atoms with Crippen LogP contribution in [0.15, 0.2) is 35.4 Å². The molecule has 0 spiro atoms. The van der Waals surface area contributed by atoms with Gasteiger partial charge in [0.1, 0.15) is 0 Å². The summed E-state index contributed by atoms with van der Waals surface area (Å²) in [7, 11) is 0. The third-order valence-electron chi connectivity index (χ3n) is 23.8. The van der Waals surface area contributed by atoms with E-state index in [0.717, 1.165) is 69.2 Å². The molecule has 0 N–H and O–H groups in total. The molecule has 626 valence electrons. The molecule has 0 radical (unpaired) electrons. The minimum Gasteiger partial charge on any atom is -0.493 e. The Morgan fingerprint density at radius 1 is 0.206 bits per heavy atom. The van der Waals surface area contributed by atoms with Gasteiger partial charge in [0.25, 0.3) is 0 Å². The zero-order chi connectivity index (χ0) is 77.1. The van der Waals surface area contributed by atoms with Gasteiger partial charge in [-0.15, -0.1) is 0 Å². The molecule has 0 fully saturated rings. The van der Waals surface area contributed by atoms with Gasteiger partial charge in [-0.1, -0.05) is 442 Å². The van der Waals surface area contributed by atoms with E-state index in [1.807, 2.05) is 0 Å². The van der Waals surface area contributed by atoms with Crippen molar-refractivity contribution < 1.29 is 21.2 Å². The molecule has 0 saturated heterocycles. The molecule has 2 aromatic rings. The molecule has 0 atom stereocenters. The van der Waals surface area contributed by atoms with Gasteiger partial charge in [-0.05, 0) is 160 Å². The van der Waals surface area contributed by atoms with Crippen LogP contribution in [0.1, 0.15) is 563 Å². The molecule has 3 rings (SSSR count). The number of nitrogens with zero attached hydrogens (tertiary/aromatic N) is 2. The molecule has 3 heteroatoms. The molecular formula is C104H190N2Ni. The van der Waals surface area contributed by atoms with Gasteiger partial charge >= 0.3 is 16.5 Å². The Morgan fingerprint density at radius 3 is 0.561 bits per heavy atom. The van der Waals surface area contributed by atoms with E-state index in [1.165, 1.54) is 452 Å². The molecule has 0 unspecified atom stereocenters. The second kappa shape index (κ2) is 80.6. The zero-order valence-corrected chi connectivity index (χ0v) is 75.7. The summed E-state index contributed by atoms with van der Waals surface area (Å²) >= 11 is 0. The average Bonchev–Trinajstić information content (AvgIpc) is 1.60. The topological polar surface area (TPSA) is 25.3 Å². The minimum atomic E-state index is 0. The summed E-state index contributed by atoms with van der Waals surface area (Å²) in [5, 5.41) is 0. The number of rotatable bonds is 76. The number of unbranched alkanes of at least 4 members (excludes halogenated alkanes) is 58. The fourth-order valence-electron chi connectivity index (χ4n) is 16.9. The van der Waals surface area contributed by atoms with Gasteiger partial charge in [0.2, 0.25) is 11.4 Å². The SMILES string of the molecule is CCCCCCC1=C(c2cc(CCCCCC)c(CCCCCC)c(CCCCCC)c2)[N+](=[N-])C(c2cc(CCCCCC)c(CCCCCC)c(CCCCCC)c2)=C1CCCC.[CH2-]CCCCCCCCCCCCCCCCCCCC.[CH2-]CCCCCCCCCCCCCCCCCCCC.[Ni+2]. The summed E-state index contributed by atoms with van der Waals surface area (Å²) in [5.74, 6) is 0. The van der Waals surface area contributed by atoms with Crippen LogP contribution in [0.3, 0.4) is 0 Å². The number of hydrogen-bond acceptors (Lipinski definition) is 0. The summed E-state index contributed by atoms with van der Waals surface area (Å²) < 4.78 is 1.77. The molecular weight excluding hydrogens is 1340 g/mol. The zero-order valence-electron chi connectivity index (χ0n) is 74.7. The van der Waals surface area contributed by atoms with Crippen molar-refractivity contribution in [2.24, 2.45) is 0 Å². The largest absolute Gasteiger partial charge is 2.00 e. The van der Waals surface area contributed by atoms with Gasteiger partial charge < -0.3 is 19.4 Å². The number of benzene rings is 2. The van der Waals surface area contributed by atoms with E-state index in [4.69, 9.17) is 0 Å². The third-order valence-corrected chi connectivity index (χ3v) is 23.8. The first kappa shape index (κ1) is 105. The van der Waals surface area contributed by atoms with Crippen molar-refractivity contribution in [3.05, 3.63) is 99.3 Å². The van der Waals surface area contributed by atoms with E-state index in [9.17, 15) is 5.53 Å². The fourth-order valence-corrected chi connectivity index (χ4v) is 16.9. The van der Waals surface area contributed by atoms with Crippen LogP contribution >= 0.6 is 0 Å². The van der Waals surface area contributed by atoms with Crippen LogP contribution in [0.4, 0.5) is 0 Å². The Bertz CT molecular complexity index is 2160. The quantitative estimate of drug-likeness (QED) is 0.0273. The Labute approximate surface area is 684 Å². The van der Waals surface area contributed by atoms with E-state index < -0.39 is 0 Å². The smallest absolute Gasteiger partial charge is 0.493 e. The van der Waals surface area contributed by atoms with E-state index >= 15 is 0 Å². The minimum absolute atomic E-state index is 0. The van der Waals surface area contributed by atoms with Gasteiger partial charge in [0.05, 0.1) is 0 Å². The fraction of sp³-hybridized carbons (Fsp3) is 0.827. The van der Waals surface area contributed by atoms with Gasteiger partial charge in [0, 0.05) is 22.3 Å². The van der Waals surface area contributed by atoms with Crippen LogP contribution < -0.4 is 0 Å². The van der Waals surface area contributed by atoms with E-state index in [0.29, 0.717) is 0 Å². The van der Waals surface area contributed by atoms with Crippen molar-refractivity contribution in [3.63, 3.8) is 0 Å². The average molecular weight is 1530 g/mol. The molecule has 2 aromatic carbocycles. The molecule has 1 aliphatic rings. The second-order valence-electron chi connectivity index (χ2n) is 34.0. The van der Waals surface area contributed by atoms with Crippen molar-refractivity contribution in [2.75, 3.05) is 0 Å². The van der Waals surface area contributed by atoms with E-state index in [1.54, 1.807) is 38.1 Å². The molecule has 2 nitrogen and oxygen atoms in total. The first-order valence-electron chi connectivity index (χ1n) is 49.1. The van der Waals surface area contributed by atoms with Crippen molar-refractivity contribution in [3.8, 4) is 0 Å². The van der Waals surface area contributed by atoms with Crippen molar-refractivity contribution in [1.29, 1.82) is 0 Å². The molecule has 0 aliphatic carbocycles. The molecule has 107 heavy (non-hydrogen) atoms. The van der Waals surface area contributed by atoms with Crippen LogP contribution in [0.25, 0.3) is 16.9 Å². The second-order valence-corrected chi connectivity index (χ2v) is 34.0. The molecule has 1 aliphatic heterocycles. The summed E-state index contributed by atoms with van der Waals surface area (Å²) in [6.45, 7) is 31.1. The van der Waals surface area contributed by atoms with E-state index in [-0.39, 0.29) is 16.5 Å². The van der Waals surface area contributed by atoms with Crippen LogP contribution in [0.2, 0.25) is 0 Å². The van der Waals surface area contributed by atoms with Crippen molar-refractivity contribution in [1.82, 2.24) is 0 Å². The number of aryl methyl sites for hydroxylation is 4. The Hall–Kier alpha value is -1.99. The van der Waals surface area contributed by atoms with Gasteiger partial charge in [-0.25, -0.2) is 4.70 Å². The third kappa shape index (κ3) is 55.2. The number of hydrogen-bond donors (Lipinski definition) is 0. The number of allylic oxidation sites excluding steroid dienone is 2. The van der Waals surface area contributed by atoms with E-state index in [2.05, 4.69) is 107 Å². The molecule has 1 heterocycles. The molecule has 0 bridgehead atoms. The first-order chi connectivity index (χ1) is 52.3. The maximum atomic E-state index is 13.2. The predicted molar refractivity (Wildman–Crippen MR) is 483 cm³/mol. The maximum Gasteiger partial charge on any atom is 2.00 e. The van der Waals surface area contributed by atoms with Crippen LogP contribution in [0.5, 0.6) is 0 Å². The predicted octanol–water partition coefficient (Wildman–Crippen LogP) is 37.3. The van der Waals surface area contributed by atoms with Gasteiger partial charge in [-0.3, -0.25) is 0 Å². The summed E-state index contributed by atoms with van der Waals surface area (Å²) in [5.41, 5.74) is 30.6. The normalized spacial score (nSPS) is 12.2. The molecule has 0 amide bonds. The van der Waals surface area contributed by atoms with Gasteiger partial charge in [0.15, 0.2) is 0 Å². The van der Waals surface area contributed by atoms with Crippen LogP contribution in [0, 0.1) is 13.8 Å². The standard InChI is InChI=1S/C62H104N2.2C21H43.Ni/c1-9-17-25-32-39-51-47-55(48-52(40-33-26-18-10-2)57(51)44-36-29-21-13-5)61-59(43-24-16-8)60(46-38-31-23-15-7)62(64(61)63)56-49-53(41-34-27-19-11-3)58(45-37-30-22-14-6)54(50-56)42-35-28-20-12-4;2*1-3-5-7-9-11-13-15-17-19-21-20-18-16-14-12-10-8-6-4-2;/h47-50H,9-46H2,1-8H3;2*1,3-21H2,2H3;/q;2*-1;+2. The molecule has 0 aromatic heterocycles. The Balaban J connectivity index is 0.00000212. The van der Waals surface area contributed by atoms with Crippen molar-refractivity contribution >= 4 is 11.4 Å². The summed E-state index contributed by atoms with van der Waals surface area (Å²) in [4.78, 5) is 0. The summed E-state index contributed by atoms with van der Waals surface area (Å²) in [6, 6.07) is 10.4. The molecule has 0 saturated carbocycles. The van der Waals surface area contributed by atoms with Crippen molar-refractivity contribution in [2.45, 2.75) is 557 Å². The van der Waals surface area contributed by atoms with Gasteiger partial charge in [-0.2, -0.15) is 12.8 Å². The Morgan fingerprint density at radius 2 is 0.364 bits per heavy atom. The van der Waals surface area contributed by atoms with Crippen LogP contribution in [-0.2, 0) is 55.0 Å². The van der Waals surface area contributed by atoms with Crippen LogP contribution in [-0.4, -0.2) is 4.70 Å².